The second-order valence-electron chi connectivity index (χ2n) is 7.22. The number of amides is 1. The number of benzene rings is 3. The molecule has 0 aliphatic carbocycles. The molecule has 1 aromatic heterocycles. The number of aromatic nitrogens is 3. The number of carbonyl (C=O) groups excluding carboxylic acids is 1. The quantitative estimate of drug-likeness (QED) is 0.459. The Hall–Kier alpha value is -3.44. The maximum atomic E-state index is 13.0. The van der Waals surface area contributed by atoms with Crippen LogP contribution in [0.2, 0.25) is 5.02 Å². The van der Waals surface area contributed by atoms with E-state index in [4.69, 9.17) is 11.6 Å². The number of carbonyl (C=O) groups is 1. The summed E-state index contributed by atoms with van der Waals surface area (Å²) in [6.07, 6.45) is 0. The zero-order valence-electron chi connectivity index (χ0n) is 17.0. The van der Waals surface area contributed by atoms with Gasteiger partial charge in [-0.1, -0.05) is 47.5 Å². The van der Waals surface area contributed by atoms with Crippen LogP contribution in [-0.2, 0) is 0 Å². The van der Waals surface area contributed by atoms with Crippen molar-refractivity contribution in [3.8, 4) is 17.1 Å². The molecule has 4 rings (SSSR count). The number of nitrogens with one attached hydrogen (secondary N) is 1. The smallest absolute Gasteiger partial charge is 0.295 e. The number of hydrogen-bond acceptors (Lipinski definition) is 3. The lowest BCUT2D eigenvalue weighted by Crippen LogP contribution is -2.15. The van der Waals surface area contributed by atoms with Crippen LogP contribution in [0.25, 0.3) is 17.1 Å². The van der Waals surface area contributed by atoms with Crippen molar-refractivity contribution in [3.05, 3.63) is 94.3 Å². The normalized spacial score (nSPS) is 10.8. The molecule has 0 spiro atoms. The number of hydrogen-bond donors (Lipinski definition) is 1. The van der Waals surface area contributed by atoms with Crippen molar-refractivity contribution in [3.63, 3.8) is 0 Å². The minimum absolute atomic E-state index is 0.0994. The van der Waals surface area contributed by atoms with Crippen molar-refractivity contribution in [2.45, 2.75) is 20.8 Å². The van der Waals surface area contributed by atoms with E-state index in [0.717, 1.165) is 33.6 Å². The fraction of sp³-hybridized carbons (Fsp3) is 0.125. The van der Waals surface area contributed by atoms with Crippen molar-refractivity contribution >= 4 is 23.2 Å². The van der Waals surface area contributed by atoms with Crippen LogP contribution in [0.1, 0.15) is 27.3 Å². The van der Waals surface area contributed by atoms with Crippen molar-refractivity contribution in [1.82, 2.24) is 14.8 Å². The Morgan fingerprint density at radius 3 is 2.43 bits per heavy atom. The zero-order chi connectivity index (χ0) is 21.3. The first-order valence-electron chi connectivity index (χ1n) is 9.60. The summed E-state index contributed by atoms with van der Waals surface area (Å²) in [5.74, 6) is 0.333. The molecule has 0 radical (unpaired) electrons. The van der Waals surface area contributed by atoms with E-state index in [9.17, 15) is 4.79 Å². The Balaban J connectivity index is 1.77. The van der Waals surface area contributed by atoms with Gasteiger partial charge in [0, 0.05) is 16.3 Å². The second kappa shape index (κ2) is 8.13. The third-order valence-electron chi connectivity index (χ3n) is 5.01. The second-order valence-corrected chi connectivity index (χ2v) is 7.65. The van der Waals surface area contributed by atoms with Gasteiger partial charge in [0.25, 0.3) is 5.91 Å². The highest BCUT2D eigenvalue weighted by atomic mass is 35.5. The summed E-state index contributed by atoms with van der Waals surface area (Å²) in [6, 6.07) is 21.0. The van der Waals surface area contributed by atoms with Gasteiger partial charge in [-0.25, -0.2) is 9.67 Å². The average Bonchev–Trinajstić information content (AvgIpc) is 3.18. The summed E-state index contributed by atoms with van der Waals surface area (Å²) in [4.78, 5) is 17.5. The molecule has 1 amide bonds. The van der Waals surface area contributed by atoms with Gasteiger partial charge in [-0.15, -0.1) is 5.10 Å². The van der Waals surface area contributed by atoms with Gasteiger partial charge in [0.05, 0.1) is 5.69 Å². The molecule has 0 unspecified atom stereocenters. The highest BCUT2D eigenvalue weighted by Crippen LogP contribution is 2.24. The van der Waals surface area contributed by atoms with Gasteiger partial charge in [-0.05, 0) is 68.3 Å². The summed E-state index contributed by atoms with van der Waals surface area (Å²) in [5, 5.41) is 8.08. The van der Waals surface area contributed by atoms with Crippen LogP contribution in [0.3, 0.4) is 0 Å². The van der Waals surface area contributed by atoms with Crippen LogP contribution < -0.4 is 5.32 Å². The Morgan fingerprint density at radius 2 is 1.70 bits per heavy atom. The third-order valence-corrected chi connectivity index (χ3v) is 5.26. The molecule has 0 fully saturated rings. The summed E-state index contributed by atoms with van der Waals surface area (Å²) >= 11 is 6.04. The van der Waals surface area contributed by atoms with Gasteiger partial charge < -0.3 is 5.32 Å². The number of aryl methyl sites for hydroxylation is 2. The molecule has 0 atom stereocenters. The number of nitrogens with zero attached hydrogens (tertiary/aromatic N) is 3. The molecule has 0 aliphatic heterocycles. The monoisotopic (exact) mass is 416 g/mol. The first-order chi connectivity index (χ1) is 14.4. The van der Waals surface area contributed by atoms with Crippen molar-refractivity contribution in [1.29, 1.82) is 0 Å². The summed E-state index contributed by atoms with van der Waals surface area (Å²) in [5.41, 5.74) is 5.62. The Morgan fingerprint density at radius 1 is 0.967 bits per heavy atom. The van der Waals surface area contributed by atoms with Gasteiger partial charge in [0.15, 0.2) is 5.82 Å². The topological polar surface area (TPSA) is 59.8 Å². The van der Waals surface area contributed by atoms with Crippen LogP contribution >= 0.6 is 11.6 Å². The molecule has 5 nitrogen and oxygen atoms in total. The van der Waals surface area contributed by atoms with E-state index in [1.165, 1.54) is 0 Å². The van der Waals surface area contributed by atoms with Crippen LogP contribution in [-0.4, -0.2) is 20.7 Å². The standard InChI is InChI=1S/C24H21ClN4O/c1-15-6-4-8-18(14-15)23-27-22(28-29(23)20-12-10-19(25)11-13-20)24(30)26-21-9-5-7-16(2)17(21)3/h4-14H,1-3H3,(H,26,30). The van der Waals surface area contributed by atoms with E-state index in [1.807, 2.05) is 75.4 Å². The van der Waals surface area contributed by atoms with E-state index < -0.39 is 0 Å². The molecule has 4 aromatic rings. The number of rotatable bonds is 4. The molecular formula is C24H21ClN4O. The molecule has 150 valence electrons. The SMILES string of the molecule is Cc1cccc(-c2nc(C(=O)Nc3cccc(C)c3C)nn2-c2ccc(Cl)cc2)c1. The molecule has 3 aromatic carbocycles. The van der Waals surface area contributed by atoms with Gasteiger partial charge in [0.1, 0.15) is 0 Å². The molecule has 6 heteroatoms. The summed E-state index contributed by atoms with van der Waals surface area (Å²) in [6.45, 7) is 6.00. The Bertz CT molecular complexity index is 1230. The molecular weight excluding hydrogens is 396 g/mol. The third kappa shape index (κ3) is 3.98. The molecule has 0 aliphatic rings. The lowest BCUT2D eigenvalue weighted by atomic mass is 10.1. The summed E-state index contributed by atoms with van der Waals surface area (Å²) in [7, 11) is 0. The molecule has 0 bridgehead atoms. The van der Waals surface area contributed by atoms with Crippen molar-refractivity contribution in [2.24, 2.45) is 0 Å². The van der Waals surface area contributed by atoms with Gasteiger partial charge in [0.2, 0.25) is 5.82 Å². The summed E-state index contributed by atoms with van der Waals surface area (Å²) < 4.78 is 1.67. The largest absolute Gasteiger partial charge is 0.319 e. The average molecular weight is 417 g/mol. The van der Waals surface area contributed by atoms with E-state index in [0.29, 0.717) is 10.8 Å². The fourth-order valence-corrected chi connectivity index (χ4v) is 3.33. The highest BCUT2D eigenvalue weighted by molar-refractivity contribution is 6.30. The van der Waals surface area contributed by atoms with E-state index in [2.05, 4.69) is 15.4 Å². The molecule has 30 heavy (non-hydrogen) atoms. The Labute approximate surface area is 180 Å². The van der Waals surface area contributed by atoms with E-state index in [-0.39, 0.29) is 11.7 Å². The number of halogens is 1. The lowest BCUT2D eigenvalue weighted by molar-refractivity contribution is 0.101. The zero-order valence-corrected chi connectivity index (χ0v) is 17.7. The van der Waals surface area contributed by atoms with Gasteiger partial charge in [-0.3, -0.25) is 4.79 Å². The van der Waals surface area contributed by atoms with Crippen LogP contribution in [0.15, 0.2) is 66.7 Å². The van der Waals surface area contributed by atoms with E-state index >= 15 is 0 Å². The molecule has 1 N–H and O–H groups in total. The Kier molecular flexibility index (Phi) is 5.38. The van der Waals surface area contributed by atoms with Gasteiger partial charge >= 0.3 is 0 Å². The fourth-order valence-electron chi connectivity index (χ4n) is 3.21. The predicted octanol–water partition coefficient (Wildman–Crippen LogP) is 5.77. The highest BCUT2D eigenvalue weighted by Gasteiger charge is 2.19. The van der Waals surface area contributed by atoms with Gasteiger partial charge in [-0.2, -0.15) is 0 Å². The van der Waals surface area contributed by atoms with E-state index in [1.54, 1.807) is 16.8 Å². The molecule has 1 heterocycles. The van der Waals surface area contributed by atoms with Crippen LogP contribution in [0.5, 0.6) is 0 Å². The van der Waals surface area contributed by atoms with Crippen LogP contribution in [0, 0.1) is 20.8 Å². The maximum absolute atomic E-state index is 13.0. The molecule has 0 saturated heterocycles. The first kappa shape index (κ1) is 19.9. The first-order valence-corrected chi connectivity index (χ1v) is 9.98. The minimum atomic E-state index is -0.356. The minimum Gasteiger partial charge on any atom is -0.319 e. The van der Waals surface area contributed by atoms with Crippen molar-refractivity contribution in [2.75, 3.05) is 5.32 Å². The van der Waals surface area contributed by atoms with Crippen LogP contribution in [0.4, 0.5) is 5.69 Å². The van der Waals surface area contributed by atoms with Crippen molar-refractivity contribution < 1.29 is 4.79 Å². The molecule has 0 saturated carbocycles. The maximum Gasteiger partial charge on any atom is 0.295 e. The number of anilines is 1. The predicted molar refractivity (Wildman–Crippen MR) is 120 cm³/mol. The lowest BCUT2D eigenvalue weighted by Gasteiger charge is -2.08.